The van der Waals surface area contributed by atoms with Crippen LogP contribution in [0, 0.1) is 0 Å². The first-order chi connectivity index (χ1) is 29.4. The lowest BCUT2D eigenvalue weighted by atomic mass is 9.91. The fraction of sp³-hybridized carbons (Fsp3) is 0.0625. The van der Waals surface area contributed by atoms with Crippen LogP contribution in [0.5, 0.6) is 11.5 Å². The van der Waals surface area contributed by atoms with Gasteiger partial charge < -0.3 is 24.5 Å². The molecule has 0 amide bonds. The van der Waals surface area contributed by atoms with Gasteiger partial charge in [0.15, 0.2) is 23.3 Å². The molecule has 2 aliphatic heterocycles. The lowest BCUT2D eigenvalue weighted by molar-refractivity contribution is -0.137. The third-order valence-electron chi connectivity index (χ3n) is 10.6. The summed E-state index contributed by atoms with van der Waals surface area (Å²) in [4.78, 5) is 48.3. The predicted molar refractivity (Wildman–Crippen MR) is 243 cm³/mol. The van der Waals surface area contributed by atoms with Crippen molar-refractivity contribution in [2.45, 2.75) is 5.92 Å². The summed E-state index contributed by atoms with van der Waals surface area (Å²) in [6.07, 6.45) is 0. The molecule has 0 unspecified atom stereocenters. The zero-order valence-corrected chi connectivity index (χ0v) is 32.3. The molecule has 0 radical (unpaired) electrons. The Bertz CT molecular complexity index is 2930. The number of nitrogens with one attached hydrogen (secondary N) is 2. The van der Waals surface area contributed by atoms with Gasteiger partial charge in [-0.2, -0.15) is 0 Å². The molecule has 3 aromatic heterocycles. The molecular weight excluding hydrogens is 781 g/mol. The summed E-state index contributed by atoms with van der Waals surface area (Å²) in [5.74, 6) is 2.20. The zero-order valence-electron chi connectivity index (χ0n) is 32.3. The fourth-order valence-electron chi connectivity index (χ4n) is 7.66. The van der Waals surface area contributed by atoms with Gasteiger partial charge in [-0.1, -0.05) is 121 Å². The van der Waals surface area contributed by atoms with Crippen molar-refractivity contribution in [3.63, 3.8) is 0 Å². The van der Waals surface area contributed by atoms with Gasteiger partial charge in [-0.3, -0.25) is 4.79 Å². The Hall–Kier alpha value is -8.03. The van der Waals surface area contributed by atoms with Gasteiger partial charge in [-0.15, -0.1) is 0 Å². The second kappa shape index (κ2) is 16.0. The summed E-state index contributed by atoms with van der Waals surface area (Å²) in [6.45, 7) is 0. The summed E-state index contributed by atoms with van der Waals surface area (Å²) in [7, 11) is 3.15. The van der Waals surface area contributed by atoms with Crippen LogP contribution < -0.4 is 9.47 Å². The summed E-state index contributed by atoms with van der Waals surface area (Å²) in [5.41, 5.74) is 7.87. The number of hydrogen-bond donors (Lipinski definition) is 3. The van der Waals surface area contributed by atoms with Gasteiger partial charge in [0.2, 0.25) is 0 Å². The molecule has 6 aromatic carbocycles. The smallest absolute Gasteiger partial charge is 0.315 e. The Balaban J connectivity index is 0.000000193. The van der Waals surface area contributed by atoms with Gasteiger partial charge in [0.25, 0.3) is 0 Å². The number of fused-ring (bicyclic) bond motifs is 20. The van der Waals surface area contributed by atoms with Gasteiger partial charge in [0.05, 0.1) is 14.2 Å². The second-order valence-corrected chi connectivity index (χ2v) is 14.1. The highest BCUT2D eigenvalue weighted by Gasteiger charge is 2.23. The number of aromatic amines is 2. The molecule has 13 heteroatoms. The summed E-state index contributed by atoms with van der Waals surface area (Å²) in [6, 6.07) is 46.3. The van der Waals surface area contributed by atoms with E-state index < -0.39 is 11.9 Å². The molecule has 8 bridgehead atoms. The summed E-state index contributed by atoms with van der Waals surface area (Å²) < 4.78 is 10.2. The van der Waals surface area contributed by atoms with Crippen LogP contribution in [0.4, 0.5) is 0 Å². The minimum atomic E-state index is -0.889. The summed E-state index contributed by atoms with van der Waals surface area (Å²) >= 11 is 0. The highest BCUT2D eigenvalue weighted by Crippen LogP contribution is 2.37. The maximum absolute atomic E-state index is 11.5. The standard InChI is InChI=1S/C32H18N8.C16H16O4.H4Si/c1-2-10-18-17(9-1)25-33-26(18)38-28-21-13-5-6-14-22(21)30(35-28)40-32-24-16-8-7-15-23(24)31(36-32)39-29-20-12-4-3-11-19(20)27(34-29)37-25;1-19-13-7-3-11(4-8-13)15(16(17)18)12-5-9-14(20-2)10-6-12;/h1-16H,(H2,33,34,35,36,37,38,39,40);3-10,15H,1-2H3,(H,17,18);1H4. The first-order valence-corrected chi connectivity index (χ1v) is 19.2. The predicted octanol–water partition coefficient (Wildman–Crippen LogP) is 8.34. The van der Waals surface area contributed by atoms with E-state index >= 15 is 0 Å². The summed E-state index contributed by atoms with van der Waals surface area (Å²) in [5, 5.41) is 13.3. The Labute approximate surface area is 353 Å². The molecule has 9 aromatic rings. The molecule has 0 saturated heterocycles. The molecule has 2 aliphatic rings. The Kier molecular flexibility index (Phi) is 10.1. The van der Waals surface area contributed by atoms with E-state index in [2.05, 4.69) is 9.97 Å². The van der Waals surface area contributed by atoms with Gasteiger partial charge in [0.1, 0.15) is 40.0 Å². The molecule has 0 fully saturated rings. The topological polar surface area (TPSA) is 165 Å². The van der Waals surface area contributed by atoms with E-state index in [0.717, 1.165) is 43.8 Å². The molecule has 0 aliphatic carbocycles. The maximum atomic E-state index is 11.5. The van der Waals surface area contributed by atoms with E-state index in [9.17, 15) is 9.90 Å². The number of ether oxygens (including phenoxy) is 2. The third kappa shape index (κ3) is 7.02. The SMILES string of the molecule is COc1ccc(C(C(=O)O)c2ccc(OC)cc2)cc1.[SiH4].c1ccc2c(c1)-c1nc-2nc2[nH]c(nc3nc(nc4[nH]c(n1)c1ccccc41)-c1ccccc1-3)c1ccccc21. The lowest BCUT2D eigenvalue weighted by Crippen LogP contribution is -2.13. The van der Waals surface area contributed by atoms with Crippen LogP contribution in [-0.4, -0.2) is 76.1 Å². The van der Waals surface area contributed by atoms with Crippen LogP contribution in [0.1, 0.15) is 17.0 Å². The zero-order chi connectivity index (χ0) is 40.7. The number of benzene rings is 6. The number of aliphatic carboxylic acids is 1. The van der Waals surface area contributed by atoms with Gasteiger partial charge in [0, 0.05) is 43.8 Å². The van der Waals surface area contributed by atoms with E-state index in [1.165, 1.54) is 0 Å². The number of rotatable bonds is 5. The van der Waals surface area contributed by atoms with Crippen molar-refractivity contribution < 1.29 is 19.4 Å². The number of carboxylic acid groups (broad SMARTS) is 1. The number of nitrogens with zero attached hydrogens (tertiary/aromatic N) is 6. The first kappa shape index (κ1) is 38.5. The van der Waals surface area contributed by atoms with Crippen LogP contribution >= 0.6 is 0 Å². The third-order valence-corrected chi connectivity index (χ3v) is 10.6. The van der Waals surface area contributed by atoms with E-state index in [0.29, 0.717) is 68.5 Å². The van der Waals surface area contributed by atoms with Crippen molar-refractivity contribution in [1.29, 1.82) is 0 Å². The first-order valence-electron chi connectivity index (χ1n) is 19.2. The molecule has 11 rings (SSSR count). The quantitative estimate of drug-likeness (QED) is 0.144. The van der Waals surface area contributed by atoms with Crippen LogP contribution in [0.2, 0.25) is 0 Å². The van der Waals surface area contributed by atoms with E-state index in [-0.39, 0.29) is 11.0 Å². The van der Waals surface area contributed by atoms with Crippen molar-refractivity contribution in [2.75, 3.05) is 14.2 Å². The molecule has 0 saturated carbocycles. The number of carboxylic acids is 1. The van der Waals surface area contributed by atoms with Gasteiger partial charge in [-0.05, 0) is 46.4 Å². The molecule has 298 valence electrons. The molecule has 0 atom stereocenters. The number of methoxy groups -OCH3 is 2. The van der Waals surface area contributed by atoms with Crippen LogP contribution in [0.3, 0.4) is 0 Å². The maximum Gasteiger partial charge on any atom is 0.315 e. The average Bonchev–Trinajstić information content (AvgIpc) is 4.03. The van der Waals surface area contributed by atoms with Gasteiger partial charge >= 0.3 is 5.97 Å². The van der Waals surface area contributed by atoms with Crippen molar-refractivity contribution in [3.05, 3.63) is 157 Å². The average molecular weight is 819 g/mol. The number of hydrogen-bond acceptors (Lipinski definition) is 9. The second-order valence-electron chi connectivity index (χ2n) is 14.1. The molecule has 12 nitrogen and oxygen atoms in total. The normalized spacial score (nSPS) is 11.3. The van der Waals surface area contributed by atoms with E-state index in [1.54, 1.807) is 62.8 Å². The van der Waals surface area contributed by atoms with Crippen LogP contribution in [0.25, 0.3) is 89.7 Å². The molecule has 5 heterocycles. The Morgan fingerprint density at radius 2 is 0.721 bits per heavy atom. The molecule has 0 spiro atoms. The molecule has 61 heavy (non-hydrogen) atoms. The highest BCUT2D eigenvalue weighted by molar-refractivity contribution is 6.06. The largest absolute Gasteiger partial charge is 0.497 e. The monoisotopic (exact) mass is 818 g/mol. The number of H-pyrrole nitrogens is 2. The molecule has 3 N–H and O–H groups in total. The number of aromatic nitrogens is 8. The van der Waals surface area contributed by atoms with E-state index in [1.807, 2.05) is 97.1 Å². The number of carbonyl (C=O) groups is 1. The lowest BCUT2D eigenvalue weighted by Gasteiger charge is -2.14. The highest BCUT2D eigenvalue weighted by atomic mass is 28.1. The van der Waals surface area contributed by atoms with Crippen molar-refractivity contribution in [1.82, 2.24) is 39.9 Å². The minimum Gasteiger partial charge on any atom is -0.497 e. The Morgan fingerprint density at radius 3 is 0.984 bits per heavy atom. The minimum absolute atomic E-state index is 0. The van der Waals surface area contributed by atoms with Crippen molar-refractivity contribution in [2.24, 2.45) is 0 Å². The van der Waals surface area contributed by atoms with Crippen LogP contribution in [-0.2, 0) is 4.79 Å². The van der Waals surface area contributed by atoms with Crippen molar-refractivity contribution in [3.8, 4) is 57.1 Å². The molecular formula is C48H38N8O4Si. The van der Waals surface area contributed by atoms with Crippen LogP contribution in [0.15, 0.2) is 146 Å². The Morgan fingerprint density at radius 1 is 0.443 bits per heavy atom. The van der Waals surface area contributed by atoms with Crippen molar-refractivity contribution >= 4 is 61.1 Å². The van der Waals surface area contributed by atoms with E-state index in [4.69, 9.17) is 39.4 Å². The fourth-order valence-corrected chi connectivity index (χ4v) is 7.66. The van der Waals surface area contributed by atoms with Gasteiger partial charge in [-0.25, -0.2) is 29.9 Å².